The second-order valence-corrected chi connectivity index (χ2v) is 8.77. The van der Waals surface area contributed by atoms with Gasteiger partial charge in [-0.3, -0.25) is 0 Å². The van der Waals surface area contributed by atoms with Crippen LogP contribution in [0.3, 0.4) is 0 Å². The second-order valence-electron chi connectivity index (χ2n) is 8.77. The van der Waals surface area contributed by atoms with Crippen LogP contribution in [-0.4, -0.2) is 25.4 Å². The lowest BCUT2D eigenvalue weighted by atomic mass is 10.0. The number of rotatable bonds is 15. The predicted octanol–water partition coefficient (Wildman–Crippen LogP) is 8.07. The van der Waals surface area contributed by atoms with Gasteiger partial charge >= 0.3 is 0 Å². The molecule has 0 bridgehead atoms. The highest BCUT2D eigenvalue weighted by Crippen LogP contribution is 2.37. The van der Waals surface area contributed by atoms with Crippen LogP contribution in [0, 0.1) is 0 Å². The van der Waals surface area contributed by atoms with Crippen LogP contribution in [0.4, 0.5) is 0 Å². The van der Waals surface area contributed by atoms with Gasteiger partial charge in [0.1, 0.15) is 0 Å². The van der Waals surface area contributed by atoms with Crippen LogP contribution in [0.15, 0.2) is 36.4 Å². The fraction of sp³-hybridized carbons (Fsp3) is 0.571. The summed E-state index contributed by atoms with van der Waals surface area (Å²) in [6, 6.07) is 12.3. The van der Waals surface area contributed by atoms with Crippen LogP contribution in [0.5, 0.6) is 23.0 Å². The lowest BCUT2D eigenvalue weighted by Crippen LogP contribution is -2.08. The van der Waals surface area contributed by atoms with E-state index in [1.165, 1.54) is 25.7 Å². The quantitative estimate of drug-likeness (QED) is 0.261. The molecule has 0 N–H and O–H groups in total. The van der Waals surface area contributed by atoms with Crippen molar-refractivity contribution in [1.82, 2.24) is 0 Å². The maximum Gasteiger partial charge on any atom is 0.162 e. The Labute approximate surface area is 195 Å². The Kier molecular flexibility index (Phi) is 11.3. The van der Waals surface area contributed by atoms with E-state index in [1.807, 2.05) is 39.8 Å². The standard InChI is InChI=1S/C28H42O4/c1-7-9-11-17-29-25-15-13-23(19-27(25)31-21(3)4)24-14-16-26(30-18-12-10-8-2)28(20-24)32-22(5)6/h13-16,19-22H,7-12,17-18H2,1-6H3. The molecule has 0 aliphatic rings. The van der Waals surface area contributed by atoms with Gasteiger partial charge < -0.3 is 18.9 Å². The van der Waals surface area contributed by atoms with Gasteiger partial charge in [0.15, 0.2) is 23.0 Å². The first-order valence-corrected chi connectivity index (χ1v) is 12.3. The van der Waals surface area contributed by atoms with E-state index in [2.05, 4.69) is 38.1 Å². The highest BCUT2D eigenvalue weighted by atomic mass is 16.5. The van der Waals surface area contributed by atoms with Crippen LogP contribution in [0.1, 0.15) is 80.1 Å². The summed E-state index contributed by atoms with van der Waals surface area (Å²) in [4.78, 5) is 0. The van der Waals surface area contributed by atoms with Gasteiger partial charge in [-0.15, -0.1) is 0 Å². The molecule has 0 spiro atoms. The van der Waals surface area contributed by atoms with Crippen molar-refractivity contribution in [3.05, 3.63) is 36.4 Å². The van der Waals surface area contributed by atoms with Gasteiger partial charge in [0.2, 0.25) is 0 Å². The SMILES string of the molecule is CCCCCOc1ccc(-c2ccc(OCCCCC)c(OC(C)C)c2)cc1OC(C)C. The molecular formula is C28H42O4. The van der Waals surface area contributed by atoms with E-state index in [4.69, 9.17) is 18.9 Å². The summed E-state index contributed by atoms with van der Waals surface area (Å²) in [7, 11) is 0. The normalized spacial score (nSPS) is 11.1. The zero-order chi connectivity index (χ0) is 23.3. The molecule has 0 aliphatic carbocycles. The molecule has 0 atom stereocenters. The summed E-state index contributed by atoms with van der Waals surface area (Å²) in [5.74, 6) is 3.15. The van der Waals surface area contributed by atoms with Gasteiger partial charge in [-0.25, -0.2) is 0 Å². The maximum absolute atomic E-state index is 6.08. The predicted molar refractivity (Wildman–Crippen MR) is 133 cm³/mol. The molecule has 0 heterocycles. The number of benzene rings is 2. The van der Waals surface area contributed by atoms with Crippen molar-refractivity contribution in [2.75, 3.05) is 13.2 Å². The third-order valence-corrected chi connectivity index (χ3v) is 4.96. The molecule has 2 rings (SSSR count). The summed E-state index contributed by atoms with van der Waals surface area (Å²) in [6.45, 7) is 13.9. The first-order valence-electron chi connectivity index (χ1n) is 12.3. The molecule has 0 radical (unpaired) electrons. The smallest absolute Gasteiger partial charge is 0.162 e. The molecule has 0 fully saturated rings. The lowest BCUT2D eigenvalue weighted by Gasteiger charge is -2.18. The maximum atomic E-state index is 6.08. The molecule has 2 aromatic rings. The summed E-state index contributed by atoms with van der Waals surface area (Å²) < 4.78 is 24.2. The Morgan fingerprint density at radius 3 is 1.31 bits per heavy atom. The monoisotopic (exact) mass is 442 g/mol. The molecule has 0 unspecified atom stereocenters. The molecule has 178 valence electrons. The Balaban J connectivity index is 2.27. The van der Waals surface area contributed by atoms with Crippen LogP contribution < -0.4 is 18.9 Å². The Bertz CT molecular complexity index is 731. The summed E-state index contributed by atoms with van der Waals surface area (Å²) >= 11 is 0. The van der Waals surface area contributed by atoms with Gasteiger partial charge in [-0.2, -0.15) is 0 Å². The van der Waals surface area contributed by atoms with Crippen LogP contribution in [0.25, 0.3) is 11.1 Å². The molecule has 0 saturated carbocycles. The van der Waals surface area contributed by atoms with Gasteiger partial charge in [0, 0.05) is 0 Å². The molecule has 0 amide bonds. The third-order valence-electron chi connectivity index (χ3n) is 4.96. The van der Waals surface area contributed by atoms with Crippen LogP contribution in [-0.2, 0) is 0 Å². The number of hydrogen-bond donors (Lipinski definition) is 0. The van der Waals surface area contributed by atoms with E-state index in [0.717, 1.165) is 47.0 Å². The fourth-order valence-electron chi connectivity index (χ4n) is 3.37. The highest BCUT2D eigenvalue weighted by Gasteiger charge is 2.13. The van der Waals surface area contributed by atoms with Crippen molar-refractivity contribution in [2.45, 2.75) is 92.3 Å². The Morgan fingerprint density at radius 1 is 0.562 bits per heavy atom. The minimum absolute atomic E-state index is 0.0713. The average Bonchev–Trinajstić information content (AvgIpc) is 2.75. The van der Waals surface area contributed by atoms with Crippen molar-refractivity contribution in [1.29, 1.82) is 0 Å². The van der Waals surface area contributed by atoms with Crippen molar-refractivity contribution in [3.8, 4) is 34.1 Å². The lowest BCUT2D eigenvalue weighted by molar-refractivity contribution is 0.219. The van der Waals surface area contributed by atoms with E-state index in [-0.39, 0.29) is 12.2 Å². The number of unbranched alkanes of at least 4 members (excludes halogenated alkanes) is 4. The second kappa shape index (κ2) is 13.9. The Morgan fingerprint density at radius 2 is 0.969 bits per heavy atom. The summed E-state index contributed by atoms with van der Waals surface area (Å²) in [5, 5.41) is 0. The van der Waals surface area contributed by atoms with E-state index >= 15 is 0 Å². The average molecular weight is 443 g/mol. The first-order chi connectivity index (χ1) is 15.4. The van der Waals surface area contributed by atoms with Gasteiger partial charge in [-0.05, 0) is 75.9 Å². The number of hydrogen-bond acceptors (Lipinski definition) is 4. The van der Waals surface area contributed by atoms with Gasteiger partial charge in [-0.1, -0.05) is 51.7 Å². The van der Waals surface area contributed by atoms with E-state index < -0.39 is 0 Å². The van der Waals surface area contributed by atoms with Crippen molar-refractivity contribution in [3.63, 3.8) is 0 Å². The van der Waals surface area contributed by atoms with Crippen LogP contribution >= 0.6 is 0 Å². The van der Waals surface area contributed by atoms with E-state index in [9.17, 15) is 0 Å². The molecule has 32 heavy (non-hydrogen) atoms. The summed E-state index contributed by atoms with van der Waals surface area (Å²) in [5.41, 5.74) is 2.13. The van der Waals surface area contributed by atoms with E-state index in [1.54, 1.807) is 0 Å². The van der Waals surface area contributed by atoms with Crippen molar-refractivity contribution in [2.24, 2.45) is 0 Å². The highest BCUT2D eigenvalue weighted by molar-refractivity contribution is 5.70. The van der Waals surface area contributed by atoms with Gasteiger partial charge in [0.25, 0.3) is 0 Å². The molecule has 0 aromatic heterocycles. The number of ether oxygens (including phenoxy) is 4. The van der Waals surface area contributed by atoms with Gasteiger partial charge in [0.05, 0.1) is 25.4 Å². The molecule has 4 nitrogen and oxygen atoms in total. The van der Waals surface area contributed by atoms with E-state index in [0.29, 0.717) is 13.2 Å². The zero-order valence-electron chi connectivity index (χ0n) is 20.9. The largest absolute Gasteiger partial charge is 0.490 e. The van der Waals surface area contributed by atoms with Crippen LogP contribution in [0.2, 0.25) is 0 Å². The molecule has 4 heteroatoms. The minimum atomic E-state index is 0.0713. The minimum Gasteiger partial charge on any atom is -0.490 e. The molecule has 0 aliphatic heterocycles. The third kappa shape index (κ3) is 8.64. The summed E-state index contributed by atoms with van der Waals surface area (Å²) in [6.07, 6.45) is 6.94. The topological polar surface area (TPSA) is 36.9 Å². The molecule has 0 saturated heterocycles. The Hall–Kier alpha value is -2.36. The molecule has 2 aromatic carbocycles. The van der Waals surface area contributed by atoms with Crippen molar-refractivity contribution < 1.29 is 18.9 Å². The fourth-order valence-corrected chi connectivity index (χ4v) is 3.37. The first kappa shape index (κ1) is 25.9. The molecular weight excluding hydrogens is 400 g/mol. The van der Waals surface area contributed by atoms with Crippen molar-refractivity contribution >= 4 is 0 Å². The zero-order valence-corrected chi connectivity index (χ0v) is 20.9.